The van der Waals surface area contributed by atoms with Gasteiger partial charge in [-0.05, 0) is 43.5 Å². The minimum atomic E-state index is -1.11. The molecule has 24 heavy (non-hydrogen) atoms. The predicted octanol–water partition coefficient (Wildman–Crippen LogP) is 1.14. The first-order chi connectivity index (χ1) is 11.4. The van der Waals surface area contributed by atoms with Crippen molar-refractivity contribution >= 4 is 5.97 Å². The van der Waals surface area contributed by atoms with Gasteiger partial charge in [-0.15, -0.1) is 5.10 Å². The van der Waals surface area contributed by atoms with E-state index in [0.29, 0.717) is 18.5 Å². The molecule has 2 unspecified atom stereocenters. The molecule has 0 radical (unpaired) electrons. The Labute approximate surface area is 138 Å². The molecule has 0 spiro atoms. The highest BCUT2D eigenvalue weighted by Gasteiger charge is 2.18. The number of rotatable bonds is 8. The third kappa shape index (κ3) is 4.84. The molecule has 2 aromatic rings. The first-order valence-electron chi connectivity index (χ1n) is 7.59. The second-order valence-electron chi connectivity index (χ2n) is 5.70. The monoisotopic (exact) mass is 337 g/mol. The van der Waals surface area contributed by atoms with Crippen molar-refractivity contribution in [3.05, 3.63) is 35.8 Å². The summed E-state index contributed by atoms with van der Waals surface area (Å²) in [7, 11) is 1.72. The van der Waals surface area contributed by atoms with Gasteiger partial charge in [-0.2, -0.15) is 0 Å². The van der Waals surface area contributed by atoms with Crippen molar-refractivity contribution in [2.24, 2.45) is 7.05 Å². The fraction of sp³-hybridized carbons (Fsp3) is 0.438. The highest BCUT2D eigenvalue weighted by molar-refractivity contribution is 5.67. The topological polar surface area (TPSA) is 108 Å². The first kappa shape index (κ1) is 18.0. The molecule has 0 aliphatic carbocycles. The van der Waals surface area contributed by atoms with E-state index in [1.807, 2.05) is 0 Å². The van der Waals surface area contributed by atoms with E-state index >= 15 is 0 Å². The molecular weight excluding hydrogens is 317 g/mol. The van der Waals surface area contributed by atoms with Gasteiger partial charge in [-0.1, -0.05) is 5.21 Å². The standard InChI is InChI=1S/C16H20FN3O4/c1-20-14(7-6-12(21)8-13(22)9-15(23)24)16(18-19-20)10-2-4-11(17)5-3-10/h2-5,12-13,21-22H,6-9H2,1H3,(H,23,24). The Morgan fingerprint density at radius 1 is 1.25 bits per heavy atom. The zero-order valence-corrected chi connectivity index (χ0v) is 13.3. The maximum absolute atomic E-state index is 13.0. The summed E-state index contributed by atoms with van der Waals surface area (Å²) >= 11 is 0. The number of aliphatic hydroxyl groups is 2. The van der Waals surface area contributed by atoms with Crippen LogP contribution in [0.2, 0.25) is 0 Å². The van der Waals surface area contributed by atoms with Crippen LogP contribution in [0.25, 0.3) is 11.3 Å². The first-order valence-corrected chi connectivity index (χ1v) is 7.59. The van der Waals surface area contributed by atoms with Crippen LogP contribution in [0.5, 0.6) is 0 Å². The van der Waals surface area contributed by atoms with Crippen molar-refractivity contribution in [2.45, 2.75) is 37.9 Å². The Bertz CT molecular complexity index is 687. The molecule has 1 heterocycles. The fourth-order valence-corrected chi connectivity index (χ4v) is 2.51. The highest BCUT2D eigenvalue weighted by atomic mass is 19.1. The third-order valence-electron chi connectivity index (χ3n) is 3.73. The number of aliphatic hydroxyl groups excluding tert-OH is 2. The predicted molar refractivity (Wildman–Crippen MR) is 83.6 cm³/mol. The van der Waals surface area contributed by atoms with Crippen LogP contribution in [0.15, 0.2) is 24.3 Å². The smallest absolute Gasteiger partial charge is 0.305 e. The van der Waals surface area contributed by atoms with Crippen LogP contribution >= 0.6 is 0 Å². The van der Waals surface area contributed by atoms with E-state index in [9.17, 15) is 19.4 Å². The molecule has 0 saturated carbocycles. The van der Waals surface area contributed by atoms with Crippen molar-refractivity contribution in [1.82, 2.24) is 15.0 Å². The van der Waals surface area contributed by atoms with Crippen LogP contribution < -0.4 is 0 Å². The summed E-state index contributed by atoms with van der Waals surface area (Å²) < 4.78 is 14.6. The normalized spacial score (nSPS) is 13.7. The third-order valence-corrected chi connectivity index (χ3v) is 3.73. The zero-order valence-electron chi connectivity index (χ0n) is 13.3. The van der Waals surface area contributed by atoms with E-state index in [1.54, 1.807) is 23.9 Å². The lowest BCUT2D eigenvalue weighted by atomic mass is 10.0. The SMILES string of the molecule is Cn1nnc(-c2ccc(F)cc2)c1CCC(O)CC(O)CC(=O)O. The van der Waals surface area contributed by atoms with Crippen molar-refractivity contribution in [3.8, 4) is 11.3 Å². The van der Waals surface area contributed by atoms with Gasteiger partial charge >= 0.3 is 5.97 Å². The lowest BCUT2D eigenvalue weighted by Gasteiger charge is -2.14. The number of carboxylic acid groups (broad SMARTS) is 1. The minimum Gasteiger partial charge on any atom is -0.481 e. The van der Waals surface area contributed by atoms with Crippen LogP contribution in [-0.2, 0) is 18.3 Å². The fourth-order valence-electron chi connectivity index (χ4n) is 2.51. The maximum atomic E-state index is 13.0. The summed E-state index contributed by atoms with van der Waals surface area (Å²) in [6, 6.07) is 5.89. The number of aliphatic carboxylic acids is 1. The van der Waals surface area contributed by atoms with Gasteiger partial charge in [0.1, 0.15) is 11.5 Å². The van der Waals surface area contributed by atoms with Crippen LogP contribution in [-0.4, -0.2) is 48.5 Å². The second kappa shape index (κ2) is 7.98. The van der Waals surface area contributed by atoms with E-state index in [4.69, 9.17) is 5.11 Å². The van der Waals surface area contributed by atoms with Gasteiger partial charge < -0.3 is 15.3 Å². The van der Waals surface area contributed by atoms with Crippen LogP contribution in [0, 0.1) is 5.82 Å². The molecule has 0 aliphatic heterocycles. The van der Waals surface area contributed by atoms with Gasteiger partial charge in [0.25, 0.3) is 0 Å². The molecule has 2 rings (SSSR count). The average Bonchev–Trinajstić information content (AvgIpc) is 2.86. The van der Waals surface area contributed by atoms with E-state index < -0.39 is 24.6 Å². The molecular formula is C16H20FN3O4. The van der Waals surface area contributed by atoms with Crippen molar-refractivity contribution in [3.63, 3.8) is 0 Å². The van der Waals surface area contributed by atoms with Crippen LogP contribution in [0.3, 0.4) is 0 Å². The molecule has 0 fully saturated rings. The lowest BCUT2D eigenvalue weighted by molar-refractivity contribution is -0.139. The number of nitrogens with zero attached hydrogens (tertiary/aromatic N) is 3. The summed E-state index contributed by atoms with van der Waals surface area (Å²) in [5.41, 5.74) is 2.10. The lowest BCUT2D eigenvalue weighted by Crippen LogP contribution is -2.21. The summed E-state index contributed by atoms with van der Waals surface area (Å²) in [5, 5.41) is 36.2. The zero-order chi connectivity index (χ0) is 17.7. The summed E-state index contributed by atoms with van der Waals surface area (Å²) in [6.45, 7) is 0. The highest BCUT2D eigenvalue weighted by Crippen LogP contribution is 2.23. The molecule has 0 bridgehead atoms. The number of benzene rings is 1. The van der Waals surface area contributed by atoms with Crippen LogP contribution in [0.1, 0.15) is 25.0 Å². The number of hydrogen-bond donors (Lipinski definition) is 3. The Kier molecular flexibility index (Phi) is 5.99. The molecule has 1 aromatic carbocycles. The van der Waals surface area contributed by atoms with E-state index in [2.05, 4.69) is 10.3 Å². The summed E-state index contributed by atoms with van der Waals surface area (Å²) in [6.07, 6.45) is -1.56. The number of aromatic nitrogens is 3. The van der Waals surface area contributed by atoms with Gasteiger partial charge in [0, 0.05) is 12.6 Å². The second-order valence-corrected chi connectivity index (χ2v) is 5.70. The number of hydrogen-bond acceptors (Lipinski definition) is 5. The molecule has 0 amide bonds. The Morgan fingerprint density at radius 3 is 2.54 bits per heavy atom. The van der Waals surface area contributed by atoms with E-state index in [1.165, 1.54) is 12.1 Å². The van der Waals surface area contributed by atoms with Crippen LogP contribution in [0.4, 0.5) is 4.39 Å². The van der Waals surface area contributed by atoms with Gasteiger partial charge in [0.2, 0.25) is 0 Å². The summed E-state index contributed by atoms with van der Waals surface area (Å²) in [5.74, 6) is -1.45. The Hall–Kier alpha value is -2.32. The average molecular weight is 337 g/mol. The van der Waals surface area contributed by atoms with Crippen molar-refractivity contribution < 1.29 is 24.5 Å². The Balaban J connectivity index is 2.01. The quantitative estimate of drug-likeness (QED) is 0.666. The molecule has 130 valence electrons. The molecule has 3 N–H and O–H groups in total. The molecule has 0 aliphatic rings. The van der Waals surface area contributed by atoms with Gasteiger partial charge in [-0.25, -0.2) is 4.39 Å². The molecule has 2 atom stereocenters. The van der Waals surface area contributed by atoms with Crippen molar-refractivity contribution in [2.75, 3.05) is 0 Å². The van der Waals surface area contributed by atoms with Gasteiger partial charge in [0.05, 0.1) is 24.3 Å². The molecule has 8 heteroatoms. The van der Waals surface area contributed by atoms with Gasteiger partial charge in [0.15, 0.2) is 0 Å². The number of carbonyl (C=O) groups is 1. The summed E-state index contributed by atoms with van der Waals surface area (Å²) in [4.78, 5) is 10.5. The Morgan fingerprint density at radius 2 is 1.92 bits per heavy atom. The van der Waals surface area contributed by atoms with Gasteiger partial charge in [-0.3, -0.25) is 9.48 Å². The number of carboxylic acids is 1. The maximum Gasteiger partial charge on any atom is 0.305 e. The molecule has 1 aromatic heterocycles. The molecule has 7 nitrogen and oxygen atoms in total. The number of halogens is 1. The minimum absolute atomic E-state index is 0.0105. The number of aryl methyl sites for hydroxylation is 1. The van der Waals surface area contributed by atoms with E-state index in [0.717, 1.165) is 11.3 Å². The van der Waals surface area contributed by atoms with E-state index in [-0.39, 0.29) is 12.2 Å². The largest absolute Gasteiger partial charge is 0.481 e. The molecule has 0 saturated heterocycles. The van der Waals surface area contributed by atoms with Crippen molar-refractivity contribution in [1.29, 1.82) is 0 Å².